The van der Waals surface area contributed by atoms with Crippen LogP contribution in [-0.2, 0) is 11.2 Å². The maximum absolute atomic E-state index is 10.2. The van der Waals surface area contributed by atoms with Crippen LogP contribution < -0.4 is 19.5 Å². The van der Waals surface area contributed by atoms with Crippen LogP contribution in [0.5, 0.6) is 17.2 Å². The lowest BCUT2D eigenvalue weighted by Gasteiger charge is -2.13. The average Bonchev–Trinajstić information content (AvgIpc) is 2.37. The van der Waals surface area contributed by atoms with Crippen molar-refractivity contribution in [3.05, 3.63) is 17.7 Å². The fourth-order valence-electron chi connectivity index (χ4n) is 1.56. The molecular formula is C12H17NO4. The molecule has 1 aromatic rings. The van der Waals surface area contributed by atoms with Crippen LogP contribution in [-0.4, -0.2) is 34.3 Å². The molecule has 17 heavy (non-hydrogen) atoms. The molecule has 0 aliphatic carbocycles. The smallest absolute Gasteiger partial charge is 0.207 e. The van der Waals surface area contributed by atoms with Crippen molar-refractivity contribution in [2.24, 2.45) is 0 Å². The highest BCUT2D eigenvalue weighted by molar-refractivity contribution is 5.54. The number of nitrogens with one attached hydrogen (secondary N) is 1. The van der Waals surface area contributed by atoms with Crippen molar-refractivity contribution < 1.29 is 19.0 Å². The number of rotatable bonds is 7. The Morgan fingerprint density at radius 3 is 2.12 bits per heavy atom. The van der Waals surface area contributed by atoms with E-state index in [0.29, 0.717) is 36.6 Å². The first-order valence-corrected chi connectivity index (χ1v) is 5.22. The summed E-state index contributed by atoms with van der Waals surface area (Å²) in [7, 11) is 4.71. The summed E-state index contributed by atoms with van der Waals surface area (Å²) in [6.45, 7) is 0.572. The molecule has 0 spiro atoms. The molecule has 1 amide bonds. The largest absolute Gasteiger partial charge is 0.493 e. The minimum atomic E-state index is 0.571. The number of methoxy groups -OCH3 is 3. The molecule has 5 heteroatoms. The summed E-state index contributed by atoms with van der Waals surface area (Å²) in [5, 5.41) is 2.61. The number of hydrogen-bond donors (Lipinski definition) is 1. The van der Waals surface area contributed by atoms with Gasteiger partial charge in [-0.1, -0.05) is 0 Å². The summed E-state index contributed by atoms with van der Waals surface area (Å²) in [5.41, 5.74) is 1.01. The highest BCUT2D eigenvalue weighted by atomic mass is 16.5. The quantitative estimate of drug-likeness (QED) is 0.569. The standard InChI is InChI=1S/C12H17NO4/c1-15-10-6-9(4-5-13-8-14)7-11(16-2)12(10)17-3/h6-8H,4-5H2,1-3H3,(H,13,14). The van der Waals surface area contributed by atoms with Gasteiger partial charge >= 0.3 is 0 Å². The first-order valence-electron chi connectivity index (χ1n) is 5.22. The molecule has 1 N–H and O–H groups in total. The third kappa shape index (κ3) is 3.27. The molecule has 1 aromatic carbocycles. The fourth-order valence-corrected chi connectivity index (χ4v) is 1.56. The molecule has 0 heterocycles. The predicted molar refractivity (Wildman–Crippen MR) is 63.9 cm³/mol. The minimum Gasteiger partial charge on any atom is -0.493 e. The van der Waals surface area contributed by atoms with Crippen LogP contribution >= 0.6 is 0 Å². The van der Waals surface area contributed by atoms with Crippen LogP contribution in [0.25, 0.3) is 0 Å². The second kappa shape index (κ2) is 6.62. The van der Waals surface area contributed by atoms with Gasteiger partial charge in [-0.05, 0) is 24.1 Å². The van der Waals surface area contributed by atoms with Crippen molar-refractivity contribution in [1.29, 1.82) is 0 Å². The Labute approximate surface area is 101 Å². The van der Waals surface area contributed by atoms with Crippen LogP contribution in [0, 0.1) is 0 Å². The molecule has 0 bridgehead atoms. The number of carbonyl (C=O) groups excluding carboxylic acids is 1. The van der Waals surface area contributed by atoms with Gasteiger partial charge in [-0.15, -0.1) is 0 Å². The normalized spacial score (nSPS) is 9.59. The molecule has 0 fully saturated rings. The fraction of sp³-hybridized carbons (Fsp3) is 0.417. The van der Waals surface area contributed by atoms with E-state index in [2.05, 4.69) is 5.32 Å². The van der Waals surface area contributed by atoms with Crippen molar-refractivity contribution in [2.45, 2.75) is 6.42 Å². The molecule has 0 aromatic heterocycles. The van der Waals surface area contributed by atoms with Gasteiger partial charge in [-0.25, -0.2) is 0 Å². The van der Waals surface area contributed by atoms with Gasteiger partial charge in [0.1, 0.15) is 0 Å². The van der Waals surface area contributed by atoms with Gasteiger partial charge in [0.2, 0.25) is 12.2 Å². The first kappa shape index (κ1) is 13.2. The Balaban J connectivity index is 2.96. The second-order valence-electron chi connectivity index (χ2n) is 3.36. The van der Waals surface area contributed by atoms with E-state index in [0.717, 1.165) is 5.56 Å². The van der Waals surface area contributed by atoms with Gasteiger partial charge in [-0.3, -0.25) is 4.79 Å². The molecule has 0 aliphatic rings. The van der Waals surface area contributed by atoms with Crippen LogP contribution in [0.15, 0.2) is 12.1 Å². The SMILES string of the molecule is COc1cc(CCNC=O)cc(OC)c1OC. The molecule has 5 nitrogen and oxygen atoms in total. The molecule has 1 rings (SSSR count). The lowest BCUT2D eigenvalue weighted by atomic mass is 10.1. The van der Waals surface area contributed by atoms with Gasteiger partial charge in [-0.2, -0.15) is 0 Å². The molecule has 0 aliphatic heterocycles. The Kier molecular flexibility index (Phi) is 5.13. The number of hydrogen-bond acceptors (Lipinski definition) is 4. The third-order valence-electron chi connectivity index (χ3n) is 2.37. The summed E-state index contributed by atoms with van der Waals surface area (Å²) in [6, 6.07) is 3.74. The number of amides is 1. The lowest BCUT2D eigenvalue weighted by molar-refractivity contribution is -0.109. The summed E-state index contributed by atoms with van der Waals surface area (Å²) in [6.07, 6.45) is 1.38. The van der Waals surface area contributed by atoms with Crippen LogP contribution in [0.1, 0.15) is 5.56 Å². The zero-order valence-electron chi connectivity index (χ0n) is 10.3. The minimum absolute atomic E-state index is 0.571. The second-order valence-corrected chi connectivity index (χ2v) is 3.36. The highest BCUT2D eigenvalue weighted by Gasteiger charge is 2.12. The Hall–Kier alpha value is -1.91. The molecular weight excluding hydrogens is 222 g/mol. The van der Waals surface area contributed by atoms with E-state index in [4.69, 9.17) is 14.2 Å². The van der Waals surface area contributed by atoms with Crippen molar-refractivity contribution in [2.75, 3.05) is 27.9 Å². The topological polar surface area (TPSA) is 56.8 Å². The molecule has 0 saturated carbocycles. The number of ether oxygens (including phenoxy) is 3. The Morgan fingerprint density at radius 1 is 1.12 bits per heavy atom. The van der Waals surface area contributed by atoms with E-state index in [1.807, 2.05) is 12.1 Å². The van der Waals surface area contributed by atoms with Crippen LogP contribution in [0.2, 0.25) is 0 Å². The van der Waals surface area contributed by atoms with Crippen LogP contribution in [0.4, 0.5) is 0 Å². The molecule has 0 saturated heterocycles. The van der Waals surface area contributed by atoms with Crippen molar-refractivity contribution in [3.8, 4) is 17.2 Å². The van der Waals surface area contributed by atoms with E-state index in [-0.39, 0.29) is 0 Å². The van der Waals surface area contributed by atoms with E-state index in [1.54, 1.807) is 21.3 Å². The predicted octanol–water partition coefficient (Wildman–Crippen LogP) is 1.00. The maximum atomic E-state index is 10.2. The van der Waals surface area contributed by atoms with Crippen molar-refractivity contribution >= 4 is 6.41 Å². The van der Waals surface area contributed by atoms with Crippen molar-refractivity contribution in [1.82, 2.24) is 5.32 Å². The molecule has 94 valence electrons. The molecule has 0 unspecified atom stereocenters. The Bertz CT molecular complexity index is 354. The van der Waals surface area contributed by atoms with E-state index in [9.17, 15) is 4.79 Å². The summed E-state index contributed by atoms with van der Waals surface area (Å²) >= 11 is 0. The Morgan fingerprint density at radius 2 is 1.71 bits per heavy atom. The summed E-state index contributed by atoms with van der Waals surface area (Å²) in [4.78, 5) is 10.2. The maximum Gasteiger partial charge on any atom is 0.207 e. The van der Waals surface area contributed by atoms with Gasteiger partial charge in [0.15, 0.2) is 11.5 Å². The van der Waals surface area contributed by atoms with Gasteiger partial charge < -0.3 is 19.5 Å². The van der Waals surface area contributed by atoms with Crippen molar-refractivity contribution in [3.63, 3.8) is 0 Å². The zero-order chi connectivity index (χ0) is 12.7. The van der Waals surface area contributed by atoms with Gasteiger partial charge in [0.05, 0.1) is 21.3 Å². The van der Waals surface area contributed by atoms with E-state index in [1.165, 1.54) is 0 Å². The number of benzene rings is 1. The van der Waals surface area contributed by atoms with Gasteiger partial charge in [0.25, 0.3) is 0 Å². The number of carbonyl (C=O) groups is 1. The summed E-state index contributed by atoms with van der Waals surface area (Å²) < 4.78 is 15.7. The molecule has 0 radical (unpaired) electrons. The molecule has 0 atom stereocenters. The average molecular weight is 239 g/mol. The van der Waals surface area contributed by atoms with Gasteiger partial charge in [0, 0.05) is 6.54 Å². The highest BCUT2D eigenvalue weighted by Crippen LogP contribution is 2.38. The van der Waals surface area contributed by atoms with E-state index < -0.39 is 0 Å². The van der Waals surface area contributed by atoms with E-state index >= 15 is 0 Å². The first-order chi connectivity index (χ1) is 8.26. The summed E-state index contributed by atoms with van der Waals surface area (Å²) in [5.74, 6) is 1.81. The van der Waals surface area contributed by atoms with Crippen LogP contribution in [0.3, 0.4) is 0 Å². The third-order valence-corrected chi connectivity index (χ3v) is 2.37. The monoisotopic (exact) mass is 239 g/mol. The lowest BCUT2D eigenvalue weighted by Crippen LogP contribution is -2.14. The zero-order valence-corrected chi connectivity index (χ0v) is 10.3.